The van der Waals surface area contributed by atoms with Gasteiger partial charge in [0.1, 0.15) is 0 Å². The average Bonchev–Trinajstić information content (AvgIpc) is 3.16. The SMILES string of the molecule is CCN(CC)[P@]1(=O)C(c2cccc3ccccc23)=CC[C@@H]1c1cccc2ccccc12. The Morgan fingerprint density at radius 2 is 1.35 bits per heavy atom. The van der Waals surface area contributed by atoms with Crippen LogP contribution in [0.4, 0.5) is 0 Å². The van der Waals surface area contributed by atoms with Gasteiger partial charge in [0, 0.05) is 18.4 Å². The van der Waals surface area contributed by atoms with Crippen molar-refractivity contribution in [3.63, 3.8) is 0 Å². The van der Waals surface area contributed by atoms with Crippen LogP contribution < -0.4 is 0 Å². The van der Waals surface area contributed by atoms with Crippen LogP contribution >= 0.6 is 7.29 Å². The van der Waals surface area contributed by atoms with E-state index in [-0.39, 0.29) is 5.66 Å². The first kappa shape index (κ1) is 20.2. The molecular formula is C28H28NOP. The van der Waals surface area contributed by atoms with E-state index in [1.54, 1.807) is 0 Å². The molecule has 0 amide bonds. The molecule has 0 aromatic heterocycles. The Balaban J connectivity index is 1.73. The average molecular weight is 426 g/mol. The van der Waals surface area contributed by atoms with Gasteiger partial charge in [-0.1, -0.05) is 105 Å². The molecule has 1 heterocycles. The molecule has 0 spiro atoms. The summed E-state index contributed by atoms with van der Waals surface area (Å²) in [5, 5.41) is 5.84. The molecule has 0 aliphatic carbocycles. The van der Waals surface area contributed by atoms with Crippen LogP contribution in [0.5, 0.6) is 0 Å². The Morgan fingerprint density at radius 3 is 2.06 bits per heavy atom. The van der Waals surface area contributed by atoms with Crippen molar-refractivity contribution in [2.24, 2.45) is 0 Å². The van der Waals surface area contributed by atoms with E-state index < -0.39 is 7.29 Å². The molecule has 0 bridgehead atoms. The number of rotatable bonds is 5. The Kier molecular flexibility index (Phi) is 5.30. The van der Waals surface area contributed by atoms with E-state index in [2.05, 4.69) is 110 Å². The lowest BCUT2D eigenvalue weighted by Crippen LogP contribution is -2.22. The fourth-order valence-electron chi connectivity index (χ4n) is 5.25. The van der Waals surface area contributed by atoms with Gasteiger partial charge in [-0.25, -0.2) is 4.67 Å². The highest BCUT2D eigenvalue weighted by Crippen LogP contribution is 2.75. The highest BCUT2D eigenvalue weighted by Gasteiger charge is 2.46. The Labute approximate surface area is 184 Å². The summed E-state index contributed by atoms with van der Waals surface area (Å²) in [5.74, 6) is 0. The number of hydrogen-bond donors (Lipinski definition) is 0. The minimum Gasteiger partial charge on any atom is -0.301 e. The van der Waals surface area contributed by atoms with Crippen LogP contribution in [-0.4, -0.2) is 17.8 Å². The van der Waals surface area contributed by atoms with Gasteiger partial charge in [0.15, 0.2) is 7.29 Å². The number of hydrogen-bond acceptors (Lipinski definition) is 1. The summed E-state index contributed by atoms with van der Waals surface area (Å²) in [6, 6.07) is 29.7. The van der Waals surface area contributed by atoms with Crippen LogP contribution in [-0.2, 0) is 4.57 Å². The Morgan fingerprint density at radius 1 is 0.774 bits per heavy atom. The monoisotopic (exact) mass is 425 g/mol. The second-order valence-corrected chi connectivity index (χ2v) is 11.1. The van der Waals surface area contributed by atoms with E-state index in [1.807, 2.05) is 0 Å². The Bertz CT molecular complexity index is 1320. The second-order valence-electron chi connectivity index (χ2n) is 8.20. The summed E-state index contributed by atoms with van der Waals surface area (Å²) < 4.78 is 17.4. The normalized spacial score (nSPS) is 21.1. The maximum absolute atomic E-state index is 15.2. The molecule has 2 nitrogen and oxygen atoms in total. The van der Waals surface area contributed by atoms with Gasteiger partial charge in [-0.2, -0.15) is 0 Å². The van der Waals surface area contributed by atoms with Crippen LogP contribution in [0, 0.1) is 0 Å². The van der Waals surface area contributed by atoms with Crippen LogP contribution in [0.1, 0.15) is 37.1 Å². The zero-order valence-electron chi connectivity index (χ0n) is 18.2. The van der Waals surface area contributed by atoms with Crippen molar-refractivity contribution in [1.29, 1.82) is 0 Å². The maximum atomic E-state index is 15.2. The molecule has 0 unspecified atom stereocenters. The van der Waals surface area contributed by atoms with Gasteiger partial charge in [0.25, 0.3) is 0 Å². The molecule has 0 saturated carbocycles. The van der Waals surface area contributed by atoms with E-state index in [0.717, 1.165) is 30.4 Å². The molecule has 0 radical (unpaired) electrons. The predicted octanol–water partition coefficient (Wildman–Crippen LogP) is 8.10. The van der Waals surface area contributed by atoms with Gasteiger partial charge >= 0.3 is 0 Å². The lowest BCUT2D eigenvalue weighted by atomic mass is 10.00. The fourth-order valence-corrected chi connectivity index (χ4v) is 9.02. The third-order valence-corrected chi connectivity index (χ3v) is 10.6. The highest BCUT2D eigenvalue weighted by atomic mass is 31.2. The van der Waals surface area contributed by atoms with E-state index in [0.29, 0.717) is 0 Å². The van der Waals surface area contributed by atoms with Crippen LogP contribution in [0.2, 0.25) is 0 Å². The van der Waals surface area contributed by atoms with Gasteiger partial charge in [0.2, 0.25) is 0 Å². The first-order valence-electron chi connectivity index (χ1n) is 11.2. The first-order chi connectivity index (χ1) is 15.2. The van der Waals surface area contributed by atoms with Crippen molar-refractivity contribution < 1.29 is 4.57 Å². The maximum Gasteiger partial charge on any atom is 0.186 e. The zero-order valence-corrected chi connectivity index (χ0v) is 19.1. The summed E-state index contributed by atoms with van der Waals surface area (Å²) in [6.07, 6.45) is 3.06. The highest BCUT2D eigenvalue weighted by molar-refractivity contribution is 7.72. The standard InChI is InChI=1S/C28H28NOP/c1-3-29(4-2)31(30)27(25-17-9-13-21-11-5-7-15-23(21)25)19-20-28(31)26-18-10-14-22-12-6-8-16-24(22)26/h5-19,28H,3-4,20H2,1-2H3/t28-,31+/m1/s1. The van der Waals surface area contributed by atoms with Crippen LogP contribution in [0.25, 0.3) is 26.9 Å². The minimum atomic E-state index is -2.86. The lowest BCUT2D eigenvalue weighted by Gasteiger charge is -2.35. The number of nitrogens with zero attached hydrogens (tertiary/aromatic N) is 1. The lowest BCUT2D eigenvalue weighted by molar-refractivity contribution is 0.444. The quantitative estimate of drug-likeness (QED) is 0.301. The predicted molar refractivity (Wildman–Crippen MR) is 134 cm³/mol. The molecular weight excluding hydrogens is 397 g/mol. The van der Waals surface area contributed by atoms with Crippen molar-refractivity contribution in [2.45, 2.75) is 25.9 Å². The summed E-state index contributed by atoms with van der Waals surface area (Å²) in [5.41, 5.74) is 2.31. The largest absolute Gasteiger partial charge is 0.301 e. The molecule has 31 heavy (non-hydrogen) atoms. The molecule has 1 aliphatic heterocycles. The van der Waals surface area contributed by atoms with Gasteiger partial charge < -0.3 is 4.57 Å². The third-order valence-electron chi connectivity index (χ3n) is 6.70. The molecule has 4 aromatic rings. The fraction of sp³-hybridized carbons (Fsp3) is 0.214. The number of allylic oxidation sites excluding steroid dienone is 1. The second kappa shape index (κ2) is 8.11. The number of benzene rings is 4. The van der Waals surface area contributed by atoms with Crippen molar-refractivity contribution in [1.82, 2.24) is 4.67 Å². The van der Waals surface area contributed by atoms with E-state index in [9.17, 15) is 0 Å². The van der Waals surface area contributed by atoms with Crippen LogP contribution in [0.3, 0.4) is 0 Å². The zero-order chi connectivity index (χ0) is 21.4. The molecule has 2 atom stereocenters. The Hall–Kier alpha value is -2.67. The van der Waals surface area contributed by atoms with Crippen molar-refractivity contribution in [3.05, 3.63) is 102 Å². The summed E-state index contributed by atoms with van der Waals surface area (Å²) in [7, 11) is -2.86. The molecule has 3 heteroatoms. The number of fused-ring (bicyclic) bond motifs is 2. The van der Waals surface area contributed by atoms with E-state index in [4.69, 9.17) is 0 Å². The molecule has 156 valence electrons. The van der Waals surface area contributed by atoms with Gasteiger partial charge in [-0.3, -0.25) is 0 Å². The minimum absolute atomic E-state index is 0.0209. The van der Waals surface area contributed by atoms with Crippen molar-refractivity contribution in [2.75, 3.05) is 13.1 Å². The smallest absolute Gasteiger partial charge is 0.186 e. The third kappa shape index (κ3) is 3.17. The molecule has 0 N–H and O–H groups in total. The molecule has 1 aliphatic rings. The first-order valence-corrected chi connectivity index (χ1v) is 12.9. The van der Waals surface area contributed by atoms with Crippen molar-refractivity contribution in [3.8, 4) is 0 Å². The summed E-state index contributed by atoms with van der Waals surface area (Å²) in [4.78, 5) is 0. The van der Waals surface area contributed by atoms with E-state index in [1.165, 1.54) is 27.1 Å². The molecule has 5 rings (SSSR count). The van der Waals surface area contributed by atoms with Crippen molar-refractivity contribution >= 4 is 34.2 Å². The summed E-state index contributed by atoms with van der Waals surface area (Å²) >= 11 is 0. The molecule has 4 aromatic carbocycles. The van der Waals surface area contributed by atoms with Crippen LogP contribution in [0.15, 0.2) is 91.0 Å². The molecule has 0 fully saturated rings. The van der Waals surface area contributed by atoms with E-state index >= 15 is 4.57 Å². The molecule has 0 saturated heterocycles. The van der Waals surface area contributed by atoms with Gasteiger partial charge in [-0.15, -0.1) is 0 Å². The van der Waals surface area contributed by atoms with Gasteiger partial charge in [-0.05, 0) is 39.1 Å². The van der Waals surface area contributed by atoms with Gasteiger partial charge in [0.05, 0.1) is 5.66 Å². The summed E-state index contributed by atoms with van der Waals surface area (Å²) in [6.45, 7) is 5.80. The topological polar surface area (TPSA) is 20.3 Å².